The minimum atomic E-state index is -3.83. The van der Waals surface area contributed by atoms with Crippen LogP contribution in [0.3, 0.4) is 0 Å². The molecular weight excluding hydrogens is 268 g/mol. The summed E-state index contributed by atoms with van der Waals surface area (Å²) in [7, 11) is -3.83. The van der Waals surface area contributed by atoms with E-state index in [-0.39, 0.29) is 4.90 Å². The molecule has 1 rings (SSSR count). The molecule has 0 aliphatic heterocycles. The average Bonchev–Trinajstić information content (AvgIpc) is 2.28. The van der Waals surface area contributed by atoms with E-state index in [9.17, 15) is 13.2 Å². The second kappa shape index (κ2) is 5.54. The van der Waals surface area contributed by atoms with Crippen molar-refractivity contribution in [2.24, 2.45) is 5.73 Å². The number of rotatable bonds is 6. The molecule has 0 radical (unpaired) electrons. The van der Waals surface area contributed by atoms with Crippen molar-refractivity contribution in [1.29, 1.82) is 0 Å². The van der Waals surface area contributed by atoms with Gasteiger partial charge >= 0.3 is 0 Å². The van der Waals surface area contributed by atoms with Gasteiger partial charge in [-0.15, -0.1) is 0 Å². The van der Waals surface area contributed by atoms with Crippen LogP contribution in [-0.2, 0) is 14.8 Å². The number of aromatic nitrogens is 1. The molecule has 0 bridgehead atoms. The summed E-state index contributed by atoms with van der Waals surface area (Å²) in [4.78, 5) is 15.2. The summed E-state index contributed by atoms with van der Waals surface area (Å²) >= 11 is 0. The minimum absolute atomic E-state index is 0.0211. The van der Waals surface area contributed by atoms with Crippen LogP contribution in [0.1, 0.15) is 20.8 Å². The molecule has 0 spiro atoms. The molecule has 0 saturated carbocycles. The summed E-state index contributed by atoms with van der Waals surface area (Å²) in [5.74, 6) is -0.306. The Morgan fingerprint density at radius 2 is 2.11 bits per heavy atom. The quantitative estimate of drug-likeness (QED) is 0.684. The first kappa shape index (κ1) is 15.4. The highest BCUT2D eigenvalue weighted by atomic mass is 32.2. The van der Waals surface area contributed by atoms with Crippen LogP contribution in [0.5, 0.6) is 0 Å². The number of hydrogen-bond donors (Lipinski definition) is 3. The van der Waals surface area contributed by atoms with Gasteiger partial charge < -0.3 is 11.1 Å². The highest BCUT2D eigenvalue weighted by Gasteiger charge is 2.31. The van der Waals surface area contributed by atoms with E-state index in [2.05, 4.69) is 15.0 Å². The van der Waals surface area contributed by atoms with Gasteiger partial charge in [0.25, 0.3) is 0 Å². The smallest absolute Gasteiger partial charge is 0.241 e. The Morgan fingerprint density at radius 3 is 2.63 bits per heavy atom. The van der Waals surface area contributed by atoms with Gasteiger partial charge in [-0.3, -0.25) is 4.79 Å². The van der Waals surface area contributed by atoms with E-state index in [0.717, 1.165) is 0 Å². The molecule has 0 unspecified atom stereocenters. The largest absolute Gasteiger partial charge is 0.370 e. The van der Waals surface area contributed by atoms with Crippen molar-refractivity contribution in [1.82, 2.24) is 9.71 Å². The lowest BCUT2D eigenvalue weighted by Gasteiger charge is -2.22. The fourth-order valence-electron chi connectivity index (χ4n) is 1.30. The average molecular weight is 286 g/mol. The van der Waals surface area contributed by atoms with Crippen LogP contribution in [-0.4, -0.2) is 31.4 Å². The number of carbonyl (C=O) groups is 1. The van der Waals surface area contributed by atoms with Gasteiger partial charge in [0.1, 0.15) is 11.4 Å². The van der Waals surface area contributed by atoms with Crippen molar-refractivity contribution in [3.05, 3.63) is 18.3 Å². The summed E-state index contributed by atoms with van der Waals surface area (Å²) in [6.45, 7) is 5.30. The maximum Gasteiger partial charge on any atom is 0.241 e. The number of primary amides is 1. The van der Waals surface area contributed by atoms with Crippen LogP contribution < -0.4 is 15.8 Å². The fraction of sp³-hybridized carbons (Fsp3) is 0.455. The lowest BCUT2D eigenvalue weighted by atomic mass is 10.1. The van der Waals surface area contributed by atoms with Gasteiger partial charge in [-0.05, 0) is 26.8 Å². The van der Waals surface area contributed by atoms with E-state index in [4.69, 9.17) is 5.73 Å². The van der Waals surface area contributed by atoms with E-state index in [1.807, 2.05) is 6.92 Å². The molecule has 0 saturated heterocycles. The predicted molar refractivity (Wildman–Crippen MR) is 72.0 cm³/mol. The van der Waals surface area contributed by atoms with Gasteiger partial charge in [0.15, 0.2) is 0 Å². The zero-order chi connectivity index (χ0) is 14.7. The SMILES string of the molecule is CCNc1cc(S(=O)(=O)NC(C)(C)C(N)=O)ccn1. The Morgan fingerprint density at radius 1 is 1.47 bits per heavy atom. The monoisotopic (exact) mass is 286 g/mol. The molecule has 1 heterocycles. The van der Waals surface area contributed by atoms with E-state index in [0.29, 0.717) is 12.4 Å². The second-order valence-corrected chi connectivity index (χ2v) is 6.18. The zero-order valence-corrected chi connectivity index (χ0v) is 11.9. The molecule has 7 nitrogen and oxygen atoms in total. The number of nitrogens with one attached hydrogen (secondary N) is 2. The molecule has 1 aromatic rings. The van der Waals surface area contributed by atoms with Crippen LogP contribution in [0.25, 0.3) is 0 Å². The van der Waals surface area contributed by atoms with Gasteiger partial charge in [0.2, 0.25) is 15.9 Å². The second-order valence-electron chi connectivity index (χ2n) is 4.50. The lowest BCUT2D eigenvalue weighted by Crippen LogP contribution is -2.52. The molecule has 0 aliphatic carbocycles. The minimum Gasteiger partial charge on any atom is -0.370 e. The van der Waals surface area contributed by atoms with E-state index in [1.165, 1.54) is 32.2 Å². The molecule has 0 atom stereocenters. The van der Waals surface area contributed by atoms with Gasteiger partial charge in [-0.1, -0.05) is 0 Å². The van der Waals surface area contributed by atoms with Crippen LogP contribution in [0, 0.1) is 0 Å². The third-order valence-corrected chi connectivity index (χ3v) is 4.06. The molecule has 0 aromatic carbocycles. The Labute approximate surface area is 112 Å². The number of pyridine rings is 1. The summed E-state index contributed by atoms with van der Waals surface area (Å²) in [6.07, 6.45) is 1.38. The number of amides is 1. The third kappa shape index (κ3) is 3.90. The molecule has 0 fully saturated rings. The van der Waals surface area contributed by atoms with Crippen molar-refractivity contribution in [2.45, 2.75) is 31.2 Å². The number of carbonyl (C=O) groups excluding carboxylic acids is 1. The maximum atomic E-state index is 12.1. The Kier molecular flexibility index (Phi) is 4.48. The molecule has 1 aromatic heterocycles. The molecule has 1 amide bonds. The number of nitrogens with two attached hydrogens (primary N) is 1. The van der Waals surface area contributed by atoms with Crippen LogP contribution >= 0.6 is 0 Å². The fourth-order valence-corrected chi connectivity index (χ4v) is 2.70. The maximum absolute atomic E-state index is 12.1. The Bertz CT molecular complexity index is 569. The number of hydrogen-bond acceptors (Lipinski definition) is 5. The van der Waals surface area contributed by atoms with Crippen molar-refractivity contribution in [3.8, 4) is 0 Å². The first-order chi connectivity index (χ1) is 8.69. The van der Waals surface area contributed by atoms with Crippen LogP contribution in [0.15, 0.2) is 23.2 Å². The van der Waals surface area contributed by atoms with E-state index >= 15 is 0 Å². The van der Waals surface area contributed by atoms with Gasteiger partial charge in [-0.2, -0.15) is 4.72 Å². The molecule has 19 heavy (non-hydrogen) atoms. The van der Waals surface area contributed by atoms with Crippen molar-refractivity contribution in [3.63, 3.8) is 0 Å². The van der Waals surface area contributed by atoms with Crippen LogP contribution in [0.2, 0.25) is 0 Å². The van der Waals surface area contributed by atoms with E-state index in [1.54, 1.807) is 0 Å². The summed E-state index contributed by atoms with van der Waals surface area (Å²) < 4.78 is 26.5. The van der Waals surface area contributed by atoms with Crippen molar-refractivity contribution >= 4 is 21.7 Å². The predicted octanol–water partition coefficient (Wildman–Crippen LogP) is 0.0556. The number of nitrogens with zero attached hydrogens (tertiary/aromatic N) is 1. The normalized spacial score (nSPS) is 12.2. The van der Waals surface area contributed by atoms with E-state index < -0.39 is 21.5 Å². The molecular formula is C11H18N4O3S. The van der Waals surface area contributed by atoms with Gasteiger partial charge in [0, 0.05) is 18.8 Å². The zero-order valence-electron chi connectivity index (χ0n) is 11.1. The molecule has 0 aliphatic rings. The molecule has 106 valence electrons. The molecule has 4 N–H and O–H groups in total. The highest BCUT2D eigenvalue weighted by Crippen LogP contribution is 2.15. The lowest BCUT2D eigenvalue weighted by molar-refractivity contribution is -0.122. The summed E-state index contributed by atoms with van der Waals surface area (Å²) in [6, 6.07) is 2.74. The Balaban J connectivity index is 3.07. The van der Waals surface area contributed by atoms with Gasteiger partial charge in [-0.25, -0.2) is 13.4 Å². The molecule has 8 heteroatoms. The topological polar surface area (TPSA) is 114 Å². The number of sulfonamides is 1. The first-order valence-corrected chi connectivity index (χ1v) is 7.21. The third-order valence-electron chi connectivity index (χ3n) is 2.41. The summed E-state index contributed by atoms with van der Waals surface area (Å²) in [5.41, 5.74) is 3.78. The number of anilines is 1. The van der Waals surface area contributed by atoms with Crippen LogP contribution in [0.4, 0.5) is 5.82 Å². The summed E-state index contributed by atoms with van der Waals surface area (Å²) in [5, 5.41) is 2.91. The van der Waals surface area contributed by atoms with Gasteiger partial charge in [0.05, 0.1) is 4.90 Å². The van der Waals surface area contributed by atoms with Crippen molar-refractivity contribution < 1.29 is 13.2 Å². The Hall–Kier alpha value is -1.67. The highest BCUT2D eigenvalue weighted by molar-refractivity contribution is 7.89. The standard InChI is InChI=1S/C11H18N4O3S/c1-4-13-9-7-8(5-6-14-9)19(17,18)15-11(2,3)10(12)16/h5-7,15H,4H2,1-3H3,(H2,12,16)(H,13,14). The first-order valence-electron chi connectivity index (χ1n) is 5.73. The van der Waals surface area contributed by atoms with Crippen molar-refractivity contribution in [2.75, 3.05) is 11.9 Å².